The van der Waals surface area contributed by atoms with Crippen molar-refractivity contribution in [3.05, 3.63) is 0 Å². The Bertz CT molecular complexity index is 331. The Morgan fingerprint density at radius 3 is 2.24 bits per heavy atom. The molecule has 2 heterocycles. The average Bonchev–Trinajstić information content (AvgIpc) is 2.49. The summed E-state index contributed by atoms with van der Waals surface area (Å²) in [6, 6.07) is 0. The van der Waals surface area contributed by atoms with E-state index in [9.17, 15) is 25.5 Å². The lowest BCUT2D eigenvalue weighted by atomic mass is 9.99. The first-order chi connectivity index (χ1) is 9.99. The van der Waals surface area contributed by atoms with Gasteiger partial charge in [0.1, 0.15) is 36.6 Å². The van der Waals surface area contributed by atoms with Gasteiger partial charge in [-0.15, -0.1) is 0 Å². The maximum absolute atomic E-state index is 9.85. The number of hydrogen-bond acceptors (Lipinski definition) is 10. The second kappa shape index (κ2) is 7.24. The maximum atomic E-state index is 9.85. The van der Waals surface area contributed by atoms with Crippen LogP contribution in [-0.2, 0) is 14.3 Å². The molecule has 0 spiro atoms. The fourth-order valence-electron chi connectivity index (χ4n) is 2.33. The molecule has 2 saturated heterocycles. The SMILES string of the molecule is OCC1O[C@@H](O[C@H]2C(O)CNOC2CO)C(O)C(O)[C@H]1O. The minimum Gasteiger partial charge on any atom is -0.394 e. The molecular formula is C11H21NO9. The Morgan fingerprint density at radius 2 is 1.62 bits per heavy atom. The van der Waals surface area contributed by atoms with E-state index in [0.29, 0.717) is 0 Å². The lowest BCUT2D eigenvalue weighted by Gasteiger charge is -2.43. The number of aliphatic hydroxyl groups is 6. The van der Waals surface area contributed by atoms with Crippen LogP contribution in [0.5, 0.6) is 0 Å². The summed E-state index contributed by atoms with van der Waals surface area (Å²) >= 11 is 0. The summed E-state index contributed by atoms with van der Waals surface area (Å²) in [7, 11) is 0. The molecule has 21 heavy (non-hydrogen) atoms. The second-order valence-electron chi connectivity index (χ2n) is 5.05. The van der Waals surface area contributed by atoms with E-state index in [-0.39, 0.29) is 6.54 Å². The largest absolute Gasteiger partial charge is 0.394 e. The normalized spacial score (nSPS) is 48.3. The Hall–Kier alpha value is -0.400. The molecular weight excluding hydrogens is 290 g/mol. The van der Waals surface area contributed by atoms with Crippen LogP contribution < -0.4 is 5.48 Å². The van der Waals surface area contributed by atoms with E-state index in [1.807, 2.05) is 0 Å². The third-order valence-corrected chi connectivity index (χ3v) is 3.59. The van der Waals surface area contributed by atoms with E-state index >= 15 is 0 Å². The molecule has 0 aromatic carbocycles. The van der Waals surface area contributed by atoms with Gasteiger partial charge in [0, 0.05) is 6.54 Å². The molecule has 8 atom stereocenters. The molecule has 124 valence electrons. The van der Waals surface area contributed by atoms with Gasteiger partial charge in [0.2, 0.25) is 0 Å². The van der Waals surface area contributed by atoms with Crippen LogP contribution in [0.3, 0.4) is 0 Å². The molecule has 0 amide bonds. The van der Waals surface area contributed by atoms with Gasteiger partial charge in [-0.05, 0) is 0 Å². The van der Waals surface area contributed by atoms with Crippen molar-refractivity contribution >= 4 is 0 Å². The summed E-state index contributed by atoms with van der Waals surface area (Å²) in [6.07, 6.45) is -10.1. The summed E-state index contributed by atoms with van der Waals surface area (Å²) < 4.78 is 10.6. The molecule has 5 unspecified atom stereocenters. The standard InChI is InChI=1S/C11H21NO9/c13-2-5-7(16)8(17)9(18)11(19-5)20-10-4(15)1-12-21-6(10)3-14/h4-18H,1-3H2/t4?,5?,6?,7-,8?,9?,10-,11-/m0/s1. The van der Waals surface area contributed by atoms with Crippen LogP contribution in [0.1, 0.15) is 0 Å². The van der Waals surface area contributed by atoms with Gasteiger partial charge in [0.15, 0.2) is 6.29 Å². The molecule has 0 radical (unpaired) electrons. The smallest absolute Gasteiger partial charge is 0.187 e. The highest BCUT2D eigenvalue weighted by Crippen LogP contribution is 2.25. The third kappa shape index (κ3) is 3.51. The number of hydroxylamine groups is 1. The Labute approximate surface area is 120 Å². The van der Waals surface area contributed by atoms with E-state index < -0.39 is 62.2 Å². The first-order valence-corrected chi connectivity index (χ1v) is 6.63. The van der Waals surface area contributed by atoms with Gasteiger partial charge in [-0.25, -0.2) is 0 Å². The monoisotopic (exact) mass is 311 g/mol. The first-order valence-electron chi connectivity index (χ1n) is 6.63. The lowest BCUT2D eigenvalue weighted by molar-refractivity contribution is -0.334. The molecule has 2 aliphatic rings. The van der Waals surface area contributed by atoms with Gasteiger partial charge in [-0.3, -0.25) is 4.84 Å². The predicted molar refractivity (Wildman–Crippen MR) is 64.6 cm³/mol. The van der Waals surface area contributed by atoms with Crippen molar-refractivity contribution in [2.45, 2.75) is 49.0 Å². The van der Waals surface area contributed by atoms with E-state index in [4.69, 9.17) is 19.4 Å². The topological polar surface area (TPSA) is 161 Å². The third-order valence-electron chi connectivity index (χ3n) is 3.59. The highest BCUT2D eigenvalue weighted by atomic mass is 16.7. The molecule has 2 rings (SSSR count). The Kier molecular flexibility index (Phi) is 5.85. The Balaban J connectivity index is 2.05. The zero-order valence-electron chi connectivity index (χ0n) is 11.1. The van der Waals surface area contributed by atoms with Crippen molar-refractivity contribution in [2.24, 2.45) is 0 Å². The maximum Gasteiger partial charge on any atom is 0.187 e. The first kappa shape index (κ1) is 17.0. The number of ether oxygens (including phenoxy) is 2. The molecule has 0 bridgehead atoms. The van der Waals surface area contributed by atoms with Crippen LogP contribution in [0.25, 0.3) is 0 Å². The second-order valence-corrected chi connectivity index (χ2v) is 5.05. The van der Waals surface area contributed by atoms with Crippen LogP contribution in [-0.4, -0.2) is 99.4 Å². The number of hydrogen-bond donors (Lipinski definition) is 7. The van der Waals surface area contributed by atoms with Gasteiger partial charge >= 0.3 is 0 Å². The molecule has 2 fully saturated rings. The number of aliphatic hydroxyl groups excluding tert-OH is 6. The van der Waals surface area contributed by atoms with Crippen LogP contribution in [0.2, 0.25) is 0 Å². The summed E-state index contributed by atoms with van der Waals surface area (Å²) in [4.78, 5) is 5.00. The van der Waals surface area contributed by atoms with Crippen molar-refractivity contribution in [2.75, 3.05) is 19.8 Å². The van der Waals surface area contributed by atoms with Crippen molar-refractivity contribution < 1.29 is 45.0 Å². The van der Waals surface area contributed by atoms with Gasteiger partial charge in [0.25, 0.3) is 0 Å². The molecule has 2 aliphatic heterocycles. The summed E-state index contributed by atoms with van der Waals surface area (Å²) in [6.45, 7) is -0.996. The summed E-state index contributed by atoms with van der Waals surface area (Å²) in [5.74, 6) is 0. The number of rotatable bonds is 4. The van der Waals surface area contributed by atoms with Gasteiger partial charge < -0.3 is 40.1 Å². The molecule has 10 heteroatoms. The quantitative estimate of drug-likeness (QED) is 0.269. The van der Waals surface area contributed by atoms with Crippen LogP contribution in [0.4, 0.5) is 0 Å². The van der Waals surface area contributed by atoms with Gasteiger partial charge in [-0.2, -0.15) is 5.48 Å². The van der Waals surface area contributed by atoms with E-state index in [1.54, 1.807) is 0 Å². The zero-order chi connectivity index (χ0) is 15.6. The van der Waals surface area contributed by atoms with E-state index in [0.717, 1.165) is 0 Å². The average molecular weight is 311 g/mol. The van der Waals surface area contributed by atoms with Crippen molar-refractivity contribution in [3.63, 3.8) is 0 Å². The van der Waals surface area contributed by atoms with Crippen LogP contribution >= 0.6 is 0 Å². The minimum atomic E-state index is -1.58. The molecule has 0 aromatic heterocycles. The molecule has 0 saturated carbocycles. The van der Waals surface area contributed by atoms with E-state index in [2.05, 4.69) is 5.48 Å². The van der Waals surface area contributed by atoms with Crippen molar-refractivity contribution in [1.82, 2.24) is 5.48 Å². The lowest BCUT2D eigenvalue weighted by Crippen LogP contribution is -2.62. The van der Waals surface area contributed by atoms with Crippen LogP contribution in [0, 0.1) is 0 Å². The molecule has 0 aromatic rings. The molecule has 7 N–H and O–H groups in total. The van der Waals surface area contributed by atoms with Gasteiger partial charge in [-0.1, -0.05) is 0 Å². The minimum absolute atomic E-state index is 0.0403. The van der Waals surface area contributed by atoms with Gasteiger partial charge in [0.05, 0.1) is 19.3 Å². The van der Waals surface area contributed by atoms with Crippen molar-refractivity contribution in [1.29, 1.82) is 0 Å². The molecule has 0 aliphatic carbocycles. The summed E-state index contributed by atoms with van der Waals surface area (Å²) in [5, 5.41) is 57.3. The predicted octanol–water partition coefficient (Wildman–Crippen LogP) is -4.57. The van der Waals surface area contributed by atoms with E-state index in [1.165, 1.54) is 0 Å². The van der Waals surface area contributed by atoms with Crippen molar-refractivity contribution in [3.8, 4) is 0 Å². The fourth-order valence-corrected chi connectivity index (χ4v) is 2.33. The zero-order valence-corrected chi connectivity index (χ0v) is 11.1. The number of β-amino-alcohol motifs (C(OH)–C–C–N with tert-alkyl or cyclic N) is 1. The molecule has 10 nitrogen and oxygen atoms in total. The Morgan fingerprint density at radius 1 is 0.952 bits per heavy atom. The highest BCUT2D eigenvalue weighted by molar-refractivity contribution is 4.91. The number of nitrogens with one attached hydrogen (secondary N) is 1. The van der Waals surface area contributed by atoms with Crippen LogP contribution in [0.15, 0.2) is 0 Å². The summed E-state index contributed by atoms with van der Waals surface area (Å²) in [5.41, 5.74) is 2.43. The highest BCUT2D eigenvalue weighted by Gasteiger charge is 2.47. The fraction of sp³-hybridized carbons (Fsp3) is 1.00.